The number of aromatic nitrogens is 1. The van der Waals surface area contributed by atoms with Crippen LogP contribution in [0.4, 0.5) is 5.82 Å². The molecule has 2 heterocycles. The summed E-state index contributed by atoms with van der Waals surface area (Å²) in [4.78, 5) is 6.36. The van der Waals surface area contributed by atoms with E-state index in [1.807, 2.05) is 12.3 Å². The number of likely N-dealkylation sites (N-methyl/N-ethyl adjacent to an activating group) is 1. The zero-order chi connectivity index (χ0) is 8.55. The average molecular weight is 163 g/mol. The van der Waals surface area contributed by atoms with Gasteiger partial charge in [-0.05, 0) is 18.7 Å². The molecule has 2 N–H and O–H groups in total. The van der Waals surface area contributed by atoms with Gasteiger partial charge in [0.05, 0.1) is 0 Å². The Morgan fingerprint density at radius 3 is 2.75 bits per heavy atom. The lowest BCUT2D eigenvalue weighted by molar-refractivity contribution is 0.189. The summed E-state index contributed by atoms with van der Waals surface area (Å²) in [7, 11) is 2.13. The van der Waals surface area contributed by atoms with Crippen molar-refractivity contribution in [3.8, 4) is 0 Å². The molecular weight excluding hydrogens is 150 g/mol. The van der Waals surface area contributed by atoms with Gasteiger partial charge in [0.2, 0.25) is 0 Å². The van der Waals surface area contributed by atoms with Crippen LogP contribution < -0.4 is 5.73 Å². The molecule has 0 atom stereocenters. The molecular formula is C9H13N3. The van der Waals surface area contributed by atoms with Crippen LogP contribution in [0, 0.1) is 0 Å². The predicted molar refractivity (Wildman–Crippen MR) is 48.9 cm³/mol. The minimum Gasteiger partial charge on any atom is -0.384 e. The summed E-state index contributed by atoms with van der Waals surface area (Å²) < 4.78 is 0. The molecule has 0 amide bonds. The summed E-state index contributed by atoms with van der Waals surface area (Å²) in [6.07, 6.45) is 1.88. The zero-order valence-corrected chi connectivity index (χ0v) is 7.20. The SMILES string of the molecule is CN1CC(c2ccc(N)nc2)C1. The first-order chi connectivity index (χ1) is 5.75. The van der Waals surface area contributed by atoms with E-state index >= 15 is 0 Å². The molecule has 0 saturated carbocycles. The molecule has 0 radical (unpaired) electrons. The van der Waals surface area contributed by atoms with E-state index in [1.54, 1.807) is 0 Å². The molecule has 1 fully saturated rings. The van der Waals surface area contributed by atoms with E-state index in [1.165, 1.54) is 5.56 Å². The van der Waals surface area contributed by atoms with Crippen molar-refractivity contribution in [1.29, 1.82) is 0 Å². The van der Waals surface area contributed by atoms with Gasteiger partial charge in [-0.15, -0.1) is 0 Å². The van der Waals surface area contributed by atoms with Crippen LogP contribution in [-0.4, -0.2) is 30.0 Å². The Labute approximate surface area is 72.2 Å². The minimum atomic E-state index is 0.603. The lowest BCUT2D eigenvalue weighted by Gasteiger charge is -2.36. The van der Waals surface area contributed by atoms with Crippen molar-refractivity contribution in [1.82, 2.24) is 9.88 Å². The molecule has 12 heavy (non-hydrogen) atoms. The molecule has 0 unspecified atom stereocenters. The third-order valence-corrected chi connectivity index (χ3v) is 2.34. The summed E-state index contributed by atoms with van der Waals surface area (Å²) >= 11 is 0. The fraction of sp³-hybridized carbons (Fsp3) is 0.444. The highest BCUT2D eigenvalue weighted by Crippen LogP contribution is 2.24. The van der Waals surface area contributed by atoms with Crippen molar-refractivity contribution in [2.75, 3.05) is 25.9 Å². The van der Waals surface area contributed by atoms with Gasteiger partial charge in [-0.1, -0.05) is 6.07 Å². The topological polar surface area (TPSA) is 42.1 Å². The lowest BCUT2D eigenvalue weighted by atomic mass is 9.93. The van der Waals surface area contributed by atoms with Crippen LogP contribution in [0.25, 0.3) is 0 Å². The van der Waals surface area contributed by atoms with E-state index in [2.05, 4.69) is 23.0 Å². The molecule has 1 aliphatic heterocycles. The summed E-state index contributed by atoms with van der Waals surface area (Å²) in [5, 5.41) is 0. The fourth-order valence-electron chi connectivity index (χ4n) is 1.57. The minimum absolute atomic E-state index is 0.603. The second kappa shape index (κ2) is 2.75. The molecule has 2 rings (SSSR count). The Morgan fingerprint density at radius 2 is 2.25 bits per heavy atom. The first-order valence-corrected chi connectivity index (χ1v) is 4.15. The Morgan fingerprint density at radius 1 is 1.50 bits per heavy atom. The summed E-state index contributed by atoms with van der Waals surface area (Å²) in [5.74, 6) is 1.27. The number of anilines is 1. The number of likely N-dealkylation sites (tertiary alicyclic amines) is 1. The summed E-state index contributed by atoms with van der Waals surface area (Å²) in [6, 6.07) is 3.94. The molecule has 64 valence electrons. The van der Waals surface area contributed by atoms with E-state index in [0.29, 0.717) is 11.7 Å². The molecule has 0 spiro atoms. The zero-order valence-electron chi connectivity index (χ0n) is 7.20. The van der Waals surface area contributed by atoms with Crippen LogP contribution in [0.5, 0.6) is 0 Å². The lowest BCUT2D eigenvalue weighted by Crippen LogP contribution is -2.41. The average Bonchev–Trinajstić information content (AvgIpc) is 2.01. The first-order valence-electron chi connectivity index (χ1n) is 4.15. The van der Waals surface area contributed by atoms with Gasteiger partial charge >= 0.3 is 0 Å². The molecule has 1 aromatic rings. The van der Waals surface area contributed by atoms with Gasteiger partial charge in [0.15, 0.2) is 0 Å². The second-order valence-corrected chi connectivity index (χ2v) is 3.43. The molecule has 0 bridgehead atoms. The highest BCUT2D eigenvalue weighted by Gasteiger charge is 2.24. The molecule has 1 aromatic heterocycles. The normalized spacial score (nSPS) is 19.1. The Hall–Kier alpha value is -1.09. The summed E-state index contributed by atoms with van der Waals surface area (Å²) in [6.45, 7) is 2.29. The van der Waals surface area contributed by atoms with Gasteiger partial charge in [0.25, 0.3) is 0 Å². The van der Waals surface area contributed by atoms with E-state index in [4.69, 9.17) is 5.73 Å². The van der Waals surface area contributed by atoms with Crippen molar-refractivity contribution in [3.05, 3.63) is 23.9 Å². The first kappa shape index (κ1) is 7.55. The molecule has 0 aromatic carbocycles. The van der Waals surface area contributed by atoms with Crippen LogP contribution in [0.1, 0.15) is 11.5 Å². The second-order valence-electron chi connectivity index (χ2n) is 3.43. The van der Waals surface area contributed by atoms with Crippen LogP contribution in [0.3, 0.4) is 0 Å². The highest BCUT2D eigenvalue weighted by atomic mass is 15.2. The van der Waals surface area contributed by atoms with Gasteiger partial charge < -0.3 is 10.6 Å². The van der Waals surface area contributed by atoms with Gasteiger partial charge in [-0.2, -0.15) is 0 Å². The predicted octanol–water partition coefficient (Wildman–Crippen LogP) is 0.693. The quantitative estimate of drug-likeness (QED) is 0.662. The maximum Gasteiger partial charge on any atom is 0.123 e. The third kappa shape index (κ3) is 1.28. The molecule has 1 saturated heterocycles. The number of nitrogens with zero attached hydrogens (tertiary/aromatic N) is 2. The number of hydrogen-bond donors (Lipinski definition) is 1. The van der Waals surface area contributed by atoms with Crippen LogP contribution in [0.2, 0.25) is 0 Å². The van der Waals surface area contributed by atoms with Gasteiger partial charge in [-0.3, -0.25) is 0 Å². The number of nitrogen functional groups attached to an aromatic ring is 1. The fourth-order valence-corrected chi connectivity index (χ4v) is 1.57. The monoisotopic (exact) mass is 163 g/mol. The largest absolute Gasteiger partial charge is 0.384 e. The van der Waals surface area contributed by atoms with Crippen molar-refractivity contribution in [3.63, 3.8) is 0 Å². The number of nitrogens with two attached hydrogens (primary N) is 1. The number of rotatable bonds is 1. The molecule has 3 nitrogen and oxygen atoms in total. The molecule has 1 aliphatic rings. The van der Waals surface area contributed by atoms with E-state index in [-0.39, 0.29) is 0 Å². The maximum absolute atomic E-state index is 5.49. The van der Waals surface area contributed by atoms with Crippen LogP contribution >= 0.6 is 0 Å². The smallest absolute Gasteiger partial charge is 0.123 e. The van der Waals surface area contributed by atoms with Crippen molar-refractivity contribution in [2.45, 2.75) is 5.92 Å². The maximum atomic E-state index is 5.49. The highest BCUT2D eigenvalue weighted by molar-refractivity contribution is 5.31. The Bertz CT molecular complexity index is 262. The third-order valence-electron chi connectivity index (χ3n) is 2.34. The van der Waals surface area contributed by atoms with Crippen LogP contribution in [0.15, 0.2) is 18.3 Å². The van der Waals surface area contributed by atoms with Gasteiger partial charge in [0.1, 0.15) is 5.82 Å². The van der Waals surface area contributed by atoms with Gasteiger partial charge in [0, 0.05) is 25.2 Å². The molecule has 3 heteroatoms. The van der Waals surface area contributed by atoms with Crippen molar-refractivity contribution in [2.24, 2.45) is 0 Å². The number of hydrogen-bond acceptors (Lipinski definition) is 3. The Balaban J connectivity index is 2.09. The van der Waals surface area contributed by atoms with Crippen molar-refractivity contribution < 1.29 is 0 Å². The van der Waals surface area contributed by atoms with Gasteiger partial charge in [-0.25, -0.2) is 4.98 Å². The Kier molecular flexibility index (Phi) is 1.73. The number of pyridine rings is 1. The van der Waals surface area contributed by atoms with E-state index in [0.717, 1.165) is 13.1 Å². The summed E-state index contributed by atoms with van der Waals surface area (Å²) in [5.41, 5.74) is 6.80. The van der Waals surface area contributed by atoms with E-state index in [9.17, 15) is 0 Å². The van der Waals surface area contributed by atoms with E-state index < -0.39 is 0 Å². The molecule has 0 aliphatic carbocycles. The van der Waals surface area contributed by atoms with Crippen LogP contribution in [-0.2, 0) is 0 Å². The standard InChI is InChI=1S/C9H13N3/c1-12-5-8(6-12)7-2-3-9(10)11-4-7/h2-4,8H,5-6H2,1H3,(H2,10,11). The van der Waals surface area contributed by atoms with Crippen molar-refractivity contribution >= 4 is 5.82 Å².